The van der Waals surface area contributed by atoms with Crippen molar-refractivity contribution in [2.75, 3.05) is 6.54 Å². The quantitative estimate of drug-likeness (QED) is 0.244. The molecule has 0 saturated heterocycles. The van der Waals surface area contributed by atoms with Gasteiger partial charge in [0.15, 0.2) is 0 Å². The normalized spacial score (nSPS) is 9.00. The average molecular weight is 106 g/mol. The van der Waals surface area contributed by atoms with E-state index in [2.05, 4.69) is 22.7 Å². The van der Waals surface area contributed by atoms with E-state index >= 15 is 0 Å². The van der Waals surface area contributed by atoms with Crippen molar-refractivity contribution in [3.05, 3.63) is 0 Å². The standard InChI is InChI=1S/C3H8NOS/c1-2-3-4-5-6/h6H,2-3H2,1H3/q+1. The predicted molar refractivity (Wildman–Crippen MR) is 27.4 cm³/mol. The third-order valence-corrected chi connectivity index (χ3v) is 0.488. The van der Waals surface area contributed by atoms with Gasteiger partial charge in [-0.25, -0.2) is 0 Å². The molecule has 6 heavy (non-hydrogen) atoms. The van der Waals surface area contributed by atoms with E-state index in [9.17, 15) is 0 Å². The van der Waals surface area contributed by atoms with Crippen molar-refractivity contribution in [1.29, 1.82) is 0 Å². The fourth-order valence-electron chi connectivity index (χ4n) is 0.132. The molecule has 0 aromatic carbocycles. The number of nitrogens with zero attached hydrogens (tertiary/aromatic N) is 1. The van der Waals surface area contributed by atoms with Gasteiger partial charge in [0, 0.05) is 6.42 Å². The molecule has 0 aliphatic rings. The number of hydrogen-bond acceptors (Lipinski definition) is 2. The van der Waals surface area contributed by atoms with Crippen molar-refractivity contribution in [3.63, 3.8) is 0 Å². The Bertz CT molecular complexity index is 22.8. The summed E-state index contributed by atoms with van der Waals surface area (Å²) >= 11 is 3.39. The SMILES string of the molecule is CCC[N+]OS. The first-order valence-electron chi connectivity index (χ1n) is 1.89. The molecule has 0 unspecified atom stereocenters. The lowest BCUT2D eigenvalue weighted by Gasteiger charge is -1.67. The van der Waals surface area contributed by atoms with Crippen LogP contribution in [0.1, 0.15) is 13.3 Å². The summed E-state index contributed by atoms with van der Waals surface area (Å²) in [6, 6.07) is 0. The van der Waals surface area contributed by atoms with Crippen LogP contribution >= 0.6 is 12.9 Å². The molecule has 0 N–H and O–H groups in total. The molecule has 0 spiro atoms. The van der Waals surface area contributed by atoms with E-state index in [1.807, 2.05) is 6.92 Å². The second kappa shape index (κ2) is 5.27. The molecule has 0 atom stereocenters. The average Bonchev–Trinajstić information content (AvgIpc) is 1.61. The summed E-state index contributed by atoms with van der Waals surface area (Å²) in [4.78, 5) is 0. The Labute approximate surface area is 43.5 Å². The molecule has 0 aromatic heterocycles. The maximum Gasteiger partial charge on any atom is 0.278 e. The van der Waals surface area contributed by atoms with Crippen LogP contribution in [0.15, 0.2) is 0 Å². The molecule has 2 radical (unpaired) electrons. The topological polar surface area (TPSA) is 23.3 Å². The molecule has 3 heteroatoms. The lowest BCUT2D eigenvalue weighted by atomic mass is 10.5. The van der Waals surface area contributed by atoms with Gasteiger partial charge in [-0.15, -0.1) is 0 Å². The van der Waals surface area contributed by atoms with E-state index in [1.54, 1.807) is 0 Å². The number of hydrogen-bond donors (Lipinski definition) is 1. The van der Waals surface area contributed by atoms with Gasteiger partial charge in [0.2, 0.25) is 6.54 Å². The molecular formula is C3H8NOS+. The van der Waals surface area contributed by atoms with Crippen LogP contribution in [0.4, 0.5) is 0 Å². The Hall–Kier alpha value is 0.270. The predicted octanol–water partition coefficient (Wildman–Crippen LogP) is 0.777. The number of thiol groups is 1. The zero-order chi connectivity index (χ0) is 4.83. The second-order valence-corrected chi connectivity index (χ2v) is 1.10. The summed E-state index contributed by atoms with van der Waals surface area (Å²) in [5.41, 5.74) is 3.45. The molecule has 36 valence electrons. The summed E-state index contributed by atoms with van der Waals surface area (Å²) < 4.78 is 4.10. The van der Waals surface area contributed by atoms with Crippen LogP contribution in [0.5, 0.6) is 0 Å². The van der Waals surface area contributed by atoms with Crippen molar-refractivity contribution in [2.24, 2.45) is 0 Å². The van der Waals surface area contributed by atoms with Gasteiger partial charge in [-0.05, 0) is 4.28 Å². The van der Waals surface area contributed by atoms with Crippen LogP contribution in [0.25, 0.3) is 0 Å². The Morgan fingerprint density at radius 1 is 1.83 bits per heavy atom. The van der Waals surface area contributed by atoms with Crippen molar-refractivity contribution < 1.29 is 4.28 Å². The Morgan fingerprint density at radius 2 is 2.50 bits per heavy atom. The molecule has 0 rings (SSSR count). The van der Waals surface area contributed by atoms with E-state index < -0.39 is 0 Å². The van der Waals surface area contributed by atoms with Gasteiger partial charge in [0.25, 0.3) is 5.48 Å². The zero-order valence-corrected chi connectivity index (χ0v) is 4.61. The molecule has 0 saturated carbocycles. The monoisotopic (exact) mass is 106 g/mol. The van der Waals surface area contributed by atoms with Gasteiger partial charge < -0.3 is 0 Å². The highest BCUT2D eigenvalue weighted by Crippen LogP contribution is 1.74. The molecule has 0 heterocycles. The fraction of sp³-hybridized carbons (Fsp3) is 1.00. The molecule has 0 aromatic rings. The molecule has 0 bridgehead atoms. The van der Waals surface area contributed by atoms with Gasteiger partial charge in [0.05, 0.1) is 12.9 Å². The van der Waals surface area contributed by atoms with Gasteiger partial charge >= 0.3 is 0 Å². The highest BCUT2D eigenvalue weighted by atomic mass is 32.1. The third-order valence-electron chi connectivity index (χ3n) is 0.373. The molecule has 2 nitrogen and oxygen atoms in total. The lowest BCUT2D eigenvalue weighted by molar-refractivity contribution is 0.233. The van der Waals surface area contributed by atoms with Gasteiger partial charge in [-0.1, -0.05) is 6.92 Å². The maximum atomic E-state index is 4.10. The minimum absolute atomic E-state index is 0.740. The van der Waals surface area contributed by atoms with Crippen molar-refractivity contribution in [1.82, 2.24) is 5.48 Å². The summed E-state index contributed by atoms with van der Waals surface area (Å²) in [6.07, 6.45) is 1.01. The second-order valence-electron chi connectivity index (χ2n) is 0.934. The largest absolute Gasteiger partial charge is 0.278 e. The minimum atomic E-state index is 0.740. The molecule has 0 amide bonds. The van der Waals surface area contributed by atoms with E-state index in [4.69, 9.17) is 0 Å². The molecule has 0 fully saturated rings. The number of hydroxylamine groups is 1. The smallest absolute Gasteiger partial charge is 0.0594 e. The Balaban J connectivity index is 2.34. The van der Waals surface area contributed by atoms with E-state index in [0.29, 0.717) is 0 Å². The first-order valence-corrected chi connectivity index (χ1v) is 2.25. The lowest BCUT2D eigenvalue weighted by Crippen LogP contribution is -1.98. The van der Waals surface area contributed by atoms with Crippen LogP contribution in [0.3, 0.4) is 0 Å². The first-order chi connectivity index (χ1) is 2.91. The Morgan fingerprint density at radius 3 is 2.67 bits per heavy atom. The van der Waals surface area contributed by atoms with Crippen LogP contribution in [0, 0.1) is 0 Å². The van der Waals surface area contributed by atoms with Gasteiger partial charge in [0.1, 0.15) is 0 Å². The Kier molecular flexibility index (Phi) is 5.51. The first kappa shape index (κ1) is 6.27. The summed E-state index contributed by atoms with van der Waals surface area (Å²) in [5.74, 6) is 0. The van der Waals surface area contributed by atoms with Gasteiger partial charge in [-0.2, -0.15) is 0 Å². The van der Waals surface area contributed by atoms with Crippen LogP contribution in [0.2, 0.25) is 0 Å². The van der Waals surface area contributed by atoms with Crippen molar-refractivity contribution in [3.8, 4) is 0 Å². The summed E-state index contributed by atoms with van der Waals surface area (Å²) in [5, 5.41) is 0. The zero-order valence-electron chi connectivity index (χ0n) is 3.72. The van der Waals surface area contributed by atoms with Gasteiger partial charge in [-0.3, -0.25) is 0 Å². The van der Waals surface area contributed by atoms with E-state index in [1.165, 1.54) is 0 Å². The summed E-state index contributed by atoms with van der Waals surface area (Å²) in [6.45, 7) is 2.76. The summed E-state index contributed by atoms with van der Waals surface area (Å²) in [7, 11) is 0. The fourth-order valence-corrected chi connectivity index (χ4v) is 0.214. The minimum Gasteiger partial charge on any atom is -0.0594 e. The maximum absolute atomic E-state index is 4.10. The van der Waals surface area contributed by atoms with Crippen molar-refractivity contribution in [2.45, 2.75) is 13.3 Å². The van der Waals surface area contributed by atoms with Crippen LogP contribution in [-0.4, -0.2) is 6.54 Å². The van der Waals surface area contributed by atoms with E-state index in [0.717, 1.165) is 13.0 Å². The molecule has 0 aliphatic heterocycles. The number of rotatable bonds is 3. The van der Waals surface area contributed by atoms with E-state index in [-0.39, 0.29) is 0 Å². The molecular weight excluding hydrogens is 98.1 g/mol. The van der Waals surface area contributed by atoms with Crippen molar-refractivity contribution >= 4 is 12.9 Å². The third kappa shape index (κ3) is 4.27. The highest BCUT2D eigenvalue weighted by Gasteiger charge is 1.95. The van der Waals surface area contributed by atoms with Crippen LogP contribution < -0.4 is 5.48 Å². The highest BCUT2D eigenvalue weighted by molar-refractivity contribution is 7.75. The molecule has 0 aliphatic carbocycles. The van der Waals surface area contributed by atoms with Crippen LogP contribution in [-0.2, 0) is 4.28 Å².